The van der Waals surface area contributed by atoms with Gasteiger partial charge >= 0.3 is 0 Å². The molecule has 3 rings (SSSR count). The second-order valence-corrected chi connectivity index (χ2v) is 4.91. The van der Waals surface area contributed by atoms with Gasteiger partial charge in [-0.3, -0.25) is 4.79 Å². The third kappa shape index (κ3) is 3.01. The number of hydrogen-bond acceptors (Lipinski definition) is 4. The van der Waals surface area contributed by atoms with E-state index in [-0.39, 0.29) is 31.5 Å². The molecular formula is C16H14FNO4. The first-order chi connectivity index (χ1) is 10.6. The van der Waals surface area contributed by atoms with Crippen LogP contribution in [0.15, 0.2) is 36.4 Å². The first-order valence-electron chi connectivity index (χ1n) is 6.73. The van der Waals surface area contributed by atoms with E-state index in [1.807, 2.05) is 0 Å². The van der Waals surface area contributed by atoms with E-state index in [0.29, 0.717) is 22.6 Å². The molecule has 0 fully saturated rings. The predicted molar refractivity (Wildman–Crippen MR) is 77.1 cm³/mol. The quantitative estimate of drug-likeness (QED) is 0.855. The highest BCUT2D eigenvalue weighted by atomic mass is 19.1. The maximum Gasteiger partial charge on any atom is 0.229 e. The number of halogens is 1. The predicted octanol–water partition coefficient (Wildman–Crippen LogP) is 2.58. The van der Waals surface area contributed by atoms with E-state index in [1.165, 1.54) is 18.2 Å². The van der Waals surface area contributed by atoms with E-state index in [2.05, 4.69) is 5.32 Å². The van der Waals surface area contributed by atoms with Crippen molar-refractivity contribution < 1.29 is 23.8 Å². The zero-order valence-electron chi connectivity index (χ0n) is 11.6. The SMILES string of the molecule is O=C(Cc1cc(F)cc2c1OCOC2)Nc1ccccc1O. The Bertz CT molecular complexity index is 717. The number of hydrogen-bond donors (Lipinski definition) is 2. The Morgan fingerprint density at radius 1 is 1.32 bits per heavy atom. The molecule has 0 saturated heterocycles. The van der Waals surface area contributed by atoms with Crippen LogP contribution >= 0.6 is 0 Å². The molecule has 2 aromatic carbocycles. The third-order valence-electron chi connectivity index (χ3n) is 3.28. The lowest BCUT2D eigenvalue weighted by molar-refractivity contribution is -0.115. The Balaban J connectivity index is 1.80. The molecule has 0 unspecified atom stereocenters. The van der Waals surface area contributed by atoms with Gasteiger partial charge in [-0.15, -0.1) is 0 Å². The minimum atomic E-state index is -0.446. The number of ether oxygens (including phenoxy) is 2. The van der Waals surface area contributed by atoms with E-state index < -0.39 is 5.82 Å². The lowest BCUT2D eigenvalue weighted by atomic mass is 10.0. The number of amides is 1. The van der Waals surface area contributed by atoms with Gasteiger partial charge in [0.1, 0.15) is 17.3 Å². The normalized spacial score (nSPS) is 13.1. The molecule has 2 N–H and O–H groups in total. The van der Waals surface area contributed by atoms with Crippen LogP contribution in [0.25, 0.3) is 0 Å². The topological polar surface area (TPSA) is 67.8 Å². The van der Waals surface area contributed by atoms with E-state index >= 15 is 0 Å². The Hall–Kier alpha value is -2.60. The van der Waals surface area contributed by atoms with Gasteiger partial charge in [-0.2, -0.15) is 0 Å². The minimum absolute atomic E-state index is 0.0261. The Morgan fingerprint density at radius 2 is 2.14 bits per heavy atom. The molecule has 1 heterocycles. The molecule has 2 aromatic rings. The summed E-state index contributed by atoms with van der Waals surface area (Å²) in [5.74, 6) is -0.357. The summed E-state index contributed by atoms with van der Waals surface area (Å²) in [5, 5.41) is 12.2. The molecular weight excluding hydrogens is 289 g/mol. The van der Waals surface area contributed by atoms with Crippen molar-refractivity contribution in [2.45, 2.75) is 13.0 Å². The van der Waals surface area contributed by atoms with Crippen molar-refractivity contribution in [2.75, 3.05) is 12.1 Å². The smallest absolute Gasteiger partial charge is 0.229 e. The van der Waals surface area contributed by atoms with Crippen molar-refractivity contribution >= 4 is 11.6 Å². The zero-order chi connectivity index (χ0) is 15.5. The molecule has 0 spiro atoms. The number of fused-ring (bicyclic) bond motifs is 1. The molecule has 0 aliphatic carbocycles. The van der Waals surface area contributed by atoms with E-state index in [4.69, 9.17) is 9.47 Å². The molecule has 6 heteroatoms. The summed E-state index contributed by atoms with van der Waals surface area (Å²) in [4.78, 5) is 12.1. The molecule has 114 valence electrons. The van der Waals surface area contributed by atoms with Crippen LogP contribution in [0.5, 0.6) is 11.5 Å². The molecule has 0 atom stereocenters. The van der Waals surface area contributed by atoms with Crippen LogP contribution < -0.4 is 10.1 Å². The number of rotatable bonds is 3. The van der Waals surface area contributed by atoms with Crippen LogP contribution in [-0.2, 0) is 22.6 Å². The van der Waals surface area contributed by atoms with Gasteiger partial charge < -0.3 is 19.9 Å². The van der Waals surface area contributed by atoms with Gasteiger partial charge in [-0.25, -0.2) is 4.39 Å². The van der Waals surface area contributed by atoms with Gasteiger partial charge in [-0.1, -0.05) is 12.1 Å². The summed E-state index contributed by atoms with van der Waals surface area (Å²) < 4.78 is 24.1. The molecule has 0 saturated carbocycles. The van der Waals surface area contributed by atoms with E-state index in [1.54, 1.807) is 18.2 Å². The Kier molecular flexibility index (Phi) is 3.93. The first-order valence-corrected chi connectivity index (χ1v) is 6.73. The summed E-state index contributed by atoms with van der Waals surface area (Å²) in [7, 11) is 0. The van der Waals surface area contributed by atoms with Crippen LogP contribution in [0.3, 0.4) is 0 Å². The van der Waals surface area contributed by atoms with Crippen LogP contribution in [0.1, 0.15) is 11.1 Å². The molecule has 22 heavy (non-hydrogen) atoms. The van der Waals surface area contributed by atoms with Gasteiger partial charge in [-0.05, 0) is 24.3 Å². The third-order valence-corrected chi connectivity index (χ3v) is 3.28. The number of anilines is 1. The van der Waals surface area contributed by atoms with Crippen molar-refractivity contribution in [3.8, 4) is 11.5 Å². The molecule has 1 aliphatic heterocycles. The standard InChI is InChI=1S/C16H14FNO4/c17-12-5-10(16-11(6-12)8-21-9-22-16)7-15(20)18-13-3-1-2-4-14(13)19/h1-6,19H,7-9H2,(H,18,20). The molecule has 5 nitrogen and oxygen atoms in total. The summed E-state index contributed by atoms with van der Waals surface area (Å²) in [6.07, 6.45) is -0.0611. The summed E-state index contributed by atoms with van der Waals surface area (Å²) in [5.41, 5.74) is 1.34. The first kappa shape index (κ1) is 14.3. The highest BCUT2D eigenvalue weighted by Crippen LogP contribution is 2.30. The maximum absolute atomic E-state index is 13.6. The fourth-order valence-corrected chi connectivity index (χ4v) is 2.33. The lowest BCUT2D eigenvalue weighted by Gasteiger charge is -2.20. The van der Waals surface area contributed by atoms with Crippen LogP contribution in [0, 0.1) is 5.82 Å². The average molecular weight is 303 g/mol. The fourth-order valence-electron chi connectivity index (χ4n) is 2.33. The van der Waals surface area contributed by atoms with Gasteiger partial charge in [0.15, 0.2) is 6.79 Å². The minimum Gasteiger partial charge on any atom is -0.506 e. The summed E-state index contributed by atoms with van der Waals surface area (Å²) >= 11 is 0. The van der Waals surface area contributed by atoms with Gasteiger partial charge in [0.2, 0.25) is 5.91 Å². The Morgan fingerprint density at radius 3 is 2.95 bits per heavy atom. The Labute approximate surface area is 126 Å². The molecule has 0 aromatic heterocycles. The average Bonchev–Trinajstić information content (AvgIpc) is 2.49. The van der Waals surface area contributed by atoms with Crippen molar-refractivity contribution in [2.24, 2.45) is 0 Å². The number of para-hydroxylation sites is 2. The monoisotopic (exact) mass is 303 g/mol. The number of carbonyl (C=O) groups is 1. The molecule has 0 radical (unpaired) electrons. The summed E-state index contributed by atoms with van der Waals surface area (Å²) in [6, 6.07) is 9.01. The molecule has 1 aliphatic rings. The van der Waals surface area contributed by atoms with Crippen molar-refractivity contribution in [1.29, 1.82) is 0 Å². The fraction of sp³-hybridized carbons (Fsp3) is 0.188. The van der Waals surface area contributed by atoms with Crippen LogP contribution in [0.4, 0.5) is 10.1 Å². The van der Waals surface area contributed by atoms with Gasteiger partial charge in [0.05, 0.1) is 18.7 Å². The number of benzene rings is 2. The highest BCUT2D eigenvalue weighted by Gasteiger charge is 2.19. The van der Waals surface area contributed by atoms with Gasteiger partial charge in [0.25, 0.3) is 0 Å². The van der Waals surface area contributed by atoms with Crippen molar-refractivity contribution in [3.63, 3.8) is 0 Å². The zero-order valence-corrected chi connectivity index (χ0v) is 11.6. The number of aromatic hydroxyl groups is 1. The maximum atomic E-state index is 13.6. The van der Waals surface area contributed by atoms with E-state index in [0.717, 1.165) is 0 Å². The second kappa shape index (κ2) is 6.03. The number of phenolic OH excluding ortho intramolecular Hbond substituents is 1. The lowest BCUT2D eigenvalue weighted by Crippen LogP contribution is -2.18. The van der Waals surface area contributed by atoms with E-state index in [9.17, 15) is 14.3 Å². The summed E-state index contributed by atoms with van der Waals surface area (Å²) in [6.45, 7) is 0.327. The van der Waals surface area contributed by atoms with Gasteiger partial charge in [0, 0.05) is 11.1 Å². The number of nitrogens with one attached hydrogen (secondary N) is 1. The second-order valence-electron chi connectivity index (χ2n) is 4.91. The van der Waals surface area contributed by atoms with Crippen molar-refractivity contribution in [3.05, 3.63) is 53.3 Å². The highest BCUT2D eigenvalue weighted by molar-refractivity contribution is 5.94. The number of phenols is 1. The van der Waals surface area contributed by atoms with Crippen LogP contribution in [-0.4, -0.2) is 17.8 Å². The number of carbonyl (C=O) groups excluding carboxylic acids is 1. The molecule has 0 bridgehead atoms. The van der Waals surface area contributed by atoms with Crippen molar-refractivity contribution in [1.82, 2.24) is 0 Å². The molecule has 1 amide bonds. The largest absolute Gasteiger partial charge is 0.506 e. The van der Waals surface area contributed by atoms with Crippen LogP contribution in [0.2, 0.25) is 0 Å².